The van der Waals surface area contributed by atoms with Gasteiger partial charge in [0.05, 0.1) is 0 Å². The Morgan fingerprint density at radius 3 is 2.75 bits per heavy atom. The molecule has 2 saturated heterocycles. The third kappa shape index (κ3) is 3.95. The van der Waals surface area contributed by atoms with E-state index in [2.05, 4.69) is 10.2 Å². The fourth-order valence-electron chi connectivity index (χ4n) is 3.50. The van der Waals surface area contributed by atoms with Gasteiger partial charge < -0.3 is 15.0 Å². The van der Waals surface area contributed by atoms with E-state index in [-0.39, 0.29) is 0 Å². The molecule has 0 aromatic heterocycles. The van der Waals surface area contributed by atoms with Crippen molar-refractivity contribution in [3.63, 3.8) is 0 Å². The first-order valence-electron chi connectivity index (χ1n) is 8.43. The number of carbonyl (C=O) groups excluding carboxylic acids is 1. The number of hydrogen-bond acceptors (Lipinski definition) is 3. The molecule has 4 nitrogen and oxygen atoms in total. The molecule has 0 bridgehead atoms. The number of carbonyl (C=O) groups is 1. The summed E-state index contributed by atoms with van der Waals surface area (Å²) < 4.78 is 5.51. The molecular formula is C16H28N2O2. The maximum Gasteiger partial charge on any atom is 0.222 e. The zero-order valence-corrected chi connectivity index (χ0v) is 12.5. The summed E-state index contributed by atoms with van der Waals surface area (Å²) >= 11 is 0. The number of rotatable bonds is 6. The van der Waals surface area contributed by atoms with Crippen LogP contribution in [0.5, 0.6) is 0 Å². The summed E-state index contributed by atoms with van der Waals surface area (Å²) in [5.41, 5.74) is 0. The highest BCUT2D eigenvalue weighted by Gasteiger charge is 2.34. The van der Waals surface area contributed by atoms with Gasteiger partial charge in [-0.25, -0.2) is 0 Å². The molecule has 3 aliphatic rings. The van der Waals surface area contributed by atoms with E-state index in [9.17, 15) is 4.79 Å². The van der Waals surface area contributed by atoms with Crippen LogP contribution in [0, 0.1) is 5.92 Å². The highest BCUT2D eigenvalue weighted by Crippen LogP contribution is 2.29. The van der Waals surface area contributed by atoms with E-state index in [1.54, 1.807) is 0 Å². The first-order chi connectivity index (χ1) is 9.83. The molecule has 0 radical (unpaired) electrons. The van der Waals surface area contributed by atoms with Crippen molar-refractivity contribution in [2.75, 3.05) is 26.3 Å². The monoisotopic (exact) mass is 280 g/mol. The van der Waals surface area contributed by atoms with E-state index in [4.69, 9.17) is 4.74 Å². The number of ether oxygens (including phenoxy) is 1. The molecule has 114 valence electrons. The van der Waals surface area contributed by atoms with Crippen LogP contribution in [0.2, 0.25) is 0 Å². The van der Waals surface area contributed by atoms with Crippen LogP contribution in [0.3, 0.4) is 0 Å². The van der Waals surface area contributed by atoms with E-state index < -0.39 is 0 Å². The second-order valence-corrected chi connectivity index (χ2v) is 6.69. The number of hydrogen-bond donors (Lipinski definition) is 1. The van der Waals surface area contributed by atoms with Crippen molar-refractivity contribution in [3.8, 4) is 0 Å². The Bertz CT molecular complexity index is 318. The normalized spacial score (nSPS) is 30.4. The molecule has 0 aromatic carbocycles. The van der Waals surface area contributed by atoms with Gasteiger partial charge in [-0.2, -0.15) is 0 Å². The fourth-order valence-corrected chi connectivity index (χ4v) is 3.50. The summed E-state index contributed by atoms with van der Waals surface area (Å²) in [6.45, 7) is 3.83. The summed E-state index contributed by atoms with van der Waals surface area (Å²) in [5.74, 6) is 0.991. The van der Waals surface area contributed by atoms with Gasteiger partial charge in [0.2, 0.25) is 5.91 Å². The van der Waals surface area contributed by atoms with Crippen molar-refractivity contribution in [2.45, 2.75) is 63.5 Å². The van der Waals surface area contributed by atoms with Crippen molar-refractivity contribution in [2.24, 2.45) is 5.92 Å². The van der Waals surface area contributed by atoms with Crippen LogP contribution in [-0.4, -0.2) is 49.2 Å². The van der Waals surface area contributed by atoms with Crippen molar-refractivity contribution < 1.29 is 9.53 Å². The maximum atomic E-state index is 12.5. The van der Waals surface area contributed by atoms with Crippen LogP contribution in [0.15, 0.2) is 0 Å². The van der Waals surface area contributed by atoms with Crippen LogP contribution in [-0.2, 0) is 9.53 Å². The number of nitrogens with one attached hydrogen (secondary N) is 1. The van der Waals surface area contributed by atoms with Gasteiger partial charge in [-0.15, -0.1) is 0 Å². The lowest BCUT2D eigenvalue weighted by molar-refractivity contribution is -0.132. The van der Waals surface area contributed by atoms with Gasteiger partial charge in [-0.3, -0.25) is 4.79 Å². The van der Waals surface area contributed by atoms with E-state index in [1.165, 1.54) is 32.1 Å². The average Bonchev–Trinajstić information content (AvgIpc) is 3.20. The Hall–Kier alpha value is -0.610. The minimum atomic E-state index is 0.381. The van der Waals surface area contributed by atoms with Gasteiger partial charge in [-0.05, 0) is 57.4 Å². The van der Waals surface area contributed by atoms with Gasteiger partial charge in [0.15, 0.2) is 0 Å². The molecule has 1 amide bonds. The predicted molar refractivity (Wildman–Crippen MR) is 78.5 cm³/mol. The van der Waals surface area contributed by atoms with Gasteiger partial charge in [0, 0.05) is 38.3 Å². The van der Waals surface area contributed by atoms with Gasteiger partial charge in [0.1, 0.15) is 0 Å². The van der Waals surface area contributed by atoms with Crippen molar-refractivity contribution >= 4 is 5.91 Å². The lowest BCUT2D eigenvalue weighted by Gasteiger charge is -2.27. The molecule has 0 spiro atoms. The minimum absolute atomic E-state index is 0.381. The second kappa shape index (κ2) is 6.90. The Morgan fingerprint density at radius 2 is 2.10 bits per heavy atom. The zero-order valence-electron chi connectivity index (χ0n) is 12.5. The fraction of sp³-hybridized carbons (Fsp3) is 0.938. The quantitative estimate of drug-likeness (QED) is 0.808. The van der Waals surface area contributed by atoms with Gasteiger partial charge >= 0.3 is 0 Å². The van der Waals surface area contributed by atoms with Gasteiger partial charge in [-0.1, -0.05) is 0 Å². The average molecular weight is 280 g/mol. The van der Waals surface area contributed by atoms with E-state index >= 15 is 0 Å². The van der Waals surface area contributed by atoms with Crippen LogP contribution in [0.4, 0.5) is 0 Å². The van der Waals surface area contributed by atoms with Crippen LogP contribution >= 0.6 is 0 Å². The predicted octanol–water partition coefficient (Wildman–Crippen LogP) is 1.94. The molecule has 1 saturated carbocycles. The molecule has 20 heavy (non-hydrogen) atoms. The highest BCUT2D eigenvalue weighted by molar-refractivity contribution is 5.77. The topological polar surface area (TPSA) is 41.6 Å². The summed E-state index contributed by atoms with van der Waals surface area (Å²) in [5, 5.41) is 3.52. The second-order valence-electron chi connectivity index (χ2n) is 6.69. The molecule has 0 unspecified atom stereocenters. The number of nitrogens with zero attached hydrogens (tertiary/aromatic N) is 1. The summed E-state index contributed by atoms with van der Waals surface area (Å²) in [7, 11) is 0. The van der Waals surface area contributed by atoms with Crippen molar-refractivity contribution in [1.29, 1.82) is 0 Å². The molecule has 2 atom stereocenters. The van der Waals surface area contributed by atoms with E-state index in [1.807, 2.05) is 0 Å². The molecule has 0 aromatic rings. The zero-order chi connectivity index (χ0) is 13.8. The SMILES string of the molecule is O=C(CC[C@H]1CCCOC1)N(C[C@@H]1CCCN1)C1CC1. The number of amides is 1. The van der Waals surface area contributed by atoms with E-state index in [0.717, 1.165) is 45.6 Å². The van der Waals surface area contributed by atoms with Gasteiger partial charge in [0.25, 0.3) is 0 Å². The highest BCUT2D eigenvalue weighted by atomic mass is 16.5. The van der Waals surface area contributed by atoms with Crippen molar-refractivity contribution in [1.82, 2.24) is 10.2 Å². The maximum absolute atomic E-state index is 12.5. The Kier molecular flexibility index (Phi) is 4.94. The largest absolute Gasteiger partial charge is 0.381 e. The van der Waals surface area contributed by atoms with E-state index in [0.29, 0.717) is 23.9 Å². The first-order valence-corrected chi connectivity index (χ1v) is 8.43. The Balaban J connectivity index is 1.44. The first kappa shape index (κ1) is 14.3. The molecule has 2 aliphatic heterocycles. The molecule has 1 aliphatic carbocycles. The smallest absolute Gasteiger partial charge is 0.222 e. The molecule has 2 heterocycles. The molecular weight excluding hydrogens is 252 g/mol. The van der Waals surface area contributed by atoms with Crippen LogP contribution in [0.25, 0.3) is 0 Å². The van der Waals surface area contributed by atoms with Crippen molar-refractivity contribution in [3.05, 3.63) is 0 Å². The molecule has 4 heteroatoms. The lowest BCUT2D eigenvalue weighted by Crippen LogP contribution is -2.42. The summed E-state index contributed by atoms with van der Waals surface area (Å²) in [4.78, 5) is 14.7. The standard InChI is InChI=1S/C16H28N2O2/c19-16(8-5-13-3-2-10-20-12-13)18(15-6-7-15)11-14-4-1-9-17-14/h13-15,17H,1-12H2/t13-,14+/m1/s1. The third-order valence-electron chi connectivity index (χ3n) is 4.91. The molecule has 3 rings (SSSR count). The molecule has 1 N–H and O–H groups in total. The van der Waals surface area contributed by atoms with Crippen LogP contribution in [0.1, 0.15) is 51.4 Å². The minimum Gasteiger partial charge on any atom is -0.381 e. The third-order valence-corrected chi connectivity index (χ3v) is 4.91. The summed E-state index contributed by atoms with van der Waals surface area (Å²) in [6.07, 6.45) is 9.05. The lowest BCUT2D eigenvalue weighted by atomic mass is 9.96. The van der Waals surface area contributed by atoms with Crippen LogP contribution < -0.4 is 5.32 Å². The molecule has 3 fully saturated rings. The Labute approximate surface area is 122 Å². The Morgan fingerprint density at radius 1 is 1.20 bits per heavy atom. The summed E-state index contributed by atoms with van der Waals surface area (Å²) in [6, 6.07) is 1.09.